The summed E-state index contributed by atoms with van der Waals surface area (Å²) in [5.41, 5.74) is -1.18. The van der Waals surface area contributed by atoms with E-state index in [4.69, 9.17) is 20.0 Å². The predicted molar refractivity (Wildman–Crippen MR) is 58.8 cm³/mol. The number of carbonyl (C=O) groups is 2. The Labute approximate surface area is 98.6 Å². The summed E-state index contributed by atoms with van der Waals surface area (Å²) in [4.78, 5) is 38.5. The van der Waals surface area contributed by atoms with E-state index in [0.29, 0.717) is 19.3 Å². The standard InChI is InChI=1S/C9H17O7P/c10-8(11)5-3-1-2-4-7(6-9(12)13)17(14,15)16/h7H,1-6H2,(H,10,11)(H,12,13)(H2,14,15,16). The zero-order valence-electron chi connectivity index (χ0n) is 9.28. The Kier molecular flexibility index (Phi) is 7.03. The lowest BCUT2D eigenvalue weighted by molar-refractivity contribution is -0.138. The number of unbranched alkanes of at least 4 members (excludes halogenated alkanes) is 2. The van der Waals surface area contributed by atoms with Crippen LogP contribution < -0.4 is 0 Å². The maximum Gasteiger partial charge on any atom is 0.329 e. The third-order valence-corrected chi connectivity index (χ3v) is 3.71. The minimum absolute atomic E-state index is 0.0134. The van der Waals surface area contributed by atoms with Crippen molar-refractivity contribution in [2.45, 2.75) is 44.2 Å². The average Bonchev–Trinajstić information content (AvgIpc) is 2.12. The molecule has 0 saturated carbocycles. The molecule has 0 aliphatic heterocycles. The molecule has 0 heterocycles. The Hall–Kier alpha value is -0.910. The first kappa shape index (κ1) is 16.1. The molecule has 0 aromatic rings. The van der Waals surface area contributed by atoms with Crippen molar-refractivity contribution < 1.29 is 34.2 Å². The van der Waals surface area contributed by atoms with E-state index < -0.39 is 31.6 Å². The number of aliphatic carboxylic acids is 2. The number of hydrogen-bond acceptors (Lipinski definition) is 3. The van der Waals surface area contributed by atoms with Gasteiger partial charge in [0.2, 0.25) is 0 Å². The lowest BCUT2D eigenvalue weighted by Gasteiger charge is -2.15. The van der Waals surface area contributed by atoms with Crippen LogP contribution >= 0.6 is 7.60 Å². The lowest BCUT2D eigenvalue weighted by Crippen LogP contribution is -2.14. The summed E-state index contributed by atoms with van der Waals surface area (Å²) in [6.45, 7) is 0. The molecular formula is C9H17O7P. The lowest BCUT2D eigenvalue weighted by atomic mass is 10.1. The third-order valence-electron chi connectivity index (χ3n) is 2.31. The van der Waals surface area contributed by atoms with Crippen LogP contribution in [0, 0.1) is 0 Å². The maximum atomic E-state index is 11.0. The molecule has 0 rings (SSSR count). The Morgan fingerprint density at radius 3 is 2.00 bits per heavy atom. The van der Waals surface area contributed by atoms with Crippen molar-refractivity contribution in [3.63, 3.8) is 0 Å². The Morgan fingerprint density at radius 1 is 1.00 bits per heavy atom. The van der Waals surface area contributed by atoms with E-state index in [1.54, 1.807) is 0 Å². The van der Waals surface area contributed by atoms with Crippen LogP contribution in [0.3, 0.4) is 0 Å². The van der Waals surface area contributed by atoms with E-state index >= 15 is 0 Å². The van der Waals surface area contributed by atoms with Crippen LogP contribution in [-0.4, -0.2) is 37.6 Å². The third kappa shape index (κ3) is 8.85. The molecule has 0 aromatic carbocycles. The molecule has 0 bridgehead atoms. The number of hydrogen-bond donors (Lipinski definition) is 4. The summed E-state index contributed by atoms with van der Waals surface area (Å²) < 4.78 is 11.0. The Balaban J connectivity index is 3.97. The second kappa shape index (κ2) is 7.42. The van der Waals surface area contributed by atoms with Gasteiger partial charge in [-0.15, -0.1) is 0 Å². The fourth-order valence-electron chi connectivity index (χ4n) is 1.42. The summed E-state index contributed by atoms with van der Waals surface area (Å²) in [6, 6.07) is 0. The Bertz CT molecular complexity index is 308. The van der Waals surface area contributed by atoms with E-state index in [2.05, 4.69) is 0 Å². The van der Waals surface area contributed by atoms with Gasteiger partial charge in [0.05, 0.1) is 12.1 Å². The molecule has 0 saturated heterocycles. The summed E-state index contributed by atoms with van der Waals surface area (Å²) in [7, 11) is -4.39. The first-order valence-corrected chi connectivity index (χ1v) is 6.90. The molecule has 0 spiro atoms. The molecule has 7 nitrogen and oxygen atoms in total. The zero-order chi connectivity index (χ0) is 13.5. The topological polar surface area (TPSA) is 132 Å². The van der Waals surface area contributed by atoms with Crippen molar-refractivity contribution in [2.24, 2.45) is 0 Å². The van der Waals surface area contributed by atoms with Gasteiger partial charge < -0.3 is 20.0 Å². The molecule has 0 aliphatic rings. The highest BCUT2D eigenvalue weighted by Crippen LogP contribution is 2.45. The average molecular weight is 268 g/mol. The molecule has 17 heavy (non-hydrogen) atoms. The summed E-state index contributed by atoms with van der Waals surface area (Å²) in [6.07, 6.45) is 0.897. The number of carboxylic acids is 2. The van der Waals surface area contributed by atoms with Gasteiger partial charge in [-0.2, -0.15) is 0 Å². The van der Waals surface area contributed by atoms with Gasteiger partial charge >= 0.3 is 19.5 Å². The SMILES string of the molecule is O=C(O)CCCCCC(CC(=O)O)P(=O)(O)O. The van der Waals surface area contributed by atoms with E-state index in [0.717, 1.165) is 0 Å². The number of rotatable bonds is 9. The van der Waals surface area contributed by atoms with Gasteiger partial charge in [-0.3, -0.25) is 14.2 Å². The van der Waals surface area contributed by atoms with Crippen LogP contribution in [0.4, 0.5) is 0 Å². The molecular weight excluding hydrogens is 251 g/mol. The molecule has 0 amide bonds. The van der Waals surface area contributed by atoms with Gasteiger partial charge in [-0.05, 0) is 12.8 Å². The van der Waals surface area contributed by atoms with Crippen LogP contribution in [0.5, 0.6) is 0 Å². The number of carboxylic acid groups (broad SMARTS) is 2. The van der Waals surface area contributed by atoms with E-state index in [1.165, 1.54) is 0 Å². The molecule has 0 aromatic heterocycles. The van der Waals surface area contributed by atoms with Crippen molar-refractivity contribution in [1.29, 1.82) is 0 Å². The van der Waals surface area contributed by atoms with Gasteiger partial charge in [-0.25, -0.2) is 0 Å². The molecule has 1 atom stereocenters. The van der Waals surface area contributed by atoms with E-state index in [9.17, 15) is 14.2 Å². The second-order valence-corrected chi connectivity index (χ2v) is 5.74. The summed E-state index contributed by atoms with van der Waals surface area (Å²) in [5.74, 6) is -2.16. The van der Waals surface area contributed by atoms with Crippen molar-refractivity contribution in [3.8, 4) is 0 Å². The van der Waals surface area contributed by atoms with Crippen LogP contribution in [0.25, 0.3) is 0 Å². The van der Waals surface area contributed by atoms with Gasteiger partial charge in [0, 0.05) is 6.42 Å². The molecule has 8 heteroatoms. The van der Waals surface area contributed by atoms with Crippen LogP contribution in [0.15, 0.2) is 0 Å². The maximum absolute atomic E-state index is 11.0. The zero-order valence-corrected chi connectivity index (χ0v) is 10.2. The second-order valence-electron chi connectivity index (χ2n) is 3.83. The molecule has 0 radical (unpaired) electrons. The van der Waals surface area contributed by atoms with Gasteiger partial charge in [0.25, 0.3) is 0 Å². The molecule has 0 fully saturated rings. The molecule has 0 aliphatic carbocycles. The van der Waals surface area contributed by atoms with Crippen LogP contribution in [0.1, 0.15) is 38.5 Å². The molecule has 4 N–H and O–H groups in total. The smallest absolute Gasteiger partial charge is 0.329 e. The highest BCUT2D eigenvalue weighted by molar-refractivity contribution is 7.52. The first-order chi connectivity index (χ1) is 7.73. The fourth-order valence-corrected chi connectivity index (χ4v) is 2.34. The summed E-state index contributed by atoms with van der Waals surface area (Å²) in [5, 5.41) is 16.9. The first-order valence-electron chi connectivity index (χ1n) is 5.22. The van der Waals surface area contributed by atoms with Gasteiger partial charge in [-0.1, -0.05) is 12.8 Å². The van der Waals surface area contributed by atoms with Crippen molar-refractivity contribution in [1.82, 2.24) is 0 Å². The monoisotopic (exact) mass is 268 g/mol. The molecule has 1 unspecified atom stereocenters. The van der Waals surface area contributed by atoms with Crippen molar-refractivity contribution in [3.05, 3.63) is 0 Å². The van der Waals surface area contributed by atoms with E-state index in [1.807, 2.05) is 0 Å². The normalized spacial score (nSPS) is 13.3. The minimum atomic E-state index is -4.39. The van der Waals surface area contributed by atoms with Crippen molar-refractivity contribution in [2.75, 3.05) is 0 Å². The molecule has 100 valence electrons. The van der Waals surface area contributed by atoms with Crippen LogP contribution in [0.2, 0.25) is 0 Å². The fraction of sp³-hybridized carbons (Fsp3) is 0.778. The highest BCUT2D eigenvalue weighted by Gasteiger charge is 2.30. The largest absolute Gasteiger partial charge is 0.481 e. The Morgan fingerprint density at radius 2 is 1.59 bits per heavy atom. The highest BCUT2D eigenvalue weighted by atomic mass is 31.2. The van der Waals surface area contributed by atoms with E-state index in [-0.39, 0.29) is 12.8 Å². The van der Waals surface area contributed by atoms with Gasteiger partial charge in [0.15, 0.2) is 0 Å². The predicted octanol–water partition coefficient (Wildman–Crippen LogP) is 1.04. The quantitative estimate of drug-likeness (QED) is 0.362. The summed E-state index contributed by atoms with van der Waals surface area (Å²) >= 11 is 0. The van der Waals surface area contributed by atoms with Gasteiger partial charge in [0.1, 0.15) is 0 Å². The minimum Gasteiger partial charge on any atom is -0.481 e. The van der Waals surface area contributed by atoms with Crippen LogP contribution in [-0.2, 0) is 14.2 Å². The van der Waals surface area contributed by atoms with Crippen molar-refractivity contribution >= 4 is 19.5 Å².